The lowest BCUT2D eigenvalue weighted by atomic mass is 9.93. The Labute approximate surface area is 150 Å². The van der Waals surface area contributed by atoms with E-state index in [1.807, 2.05) is 39.1 Å². The van der Waals surface area contributed by atoms with Crippen LogP contribution in [0.1, 0.15) is 30.4 Å². The minimum Gasteiger partial charge on any atom is -0.320 e. The second kappa shape index (κ2) is 9.53. The van der Waals surface area contributed by atoms with Crippen molar-refractivity contribution in [1.29, 1.82) is 0 Å². The molecule has 0 aromatic heterocycles. The van der Waals surface area contributed by atoms with Crippen LogP contribution in [0, 0.1) is 19.8 Å². The summed E-state index contributed by atoms with van der Waals surface area (Å²) in [4.78, 5) is 26.2. The van der Waals surface area contributed by atoms with E-state index in [-0.39, 0.29) is 12.5 Å². The van der Waals surface area contributed by atoms with Gasteiger partial charge in [0.25, 0.3) is 0 Å². The second-order valence-corrected chi connectivity index (χ2v) is 6.93. The van der Waals surface area contributed by atoms with Crippen molar-refractivity contribution < 1.29 is 9.59 Å². The van der Waals surface area contributed by atoms with E-state index >= 15 is 0 Å². The number of imide groups is 1. The number of carbonyl (C=O) groups excluding carboxylic acids is 2. The van der Waals surface area contributed by atoms with E-state index in [4.69, 9.17) is 0 Å². The number of likely N-dealkylation sites (tertiary alicyclic amines) is 1. The van der Waals surface area contributed by atoms with E-state index in [2.05, 4.69) is 20.9 Å². The van der Waals surface area contributed by atoms with Crippen molar-refractivity contribution in [3.05, 3.63) is 29.3 Å². The van der Waals surface area contributed by atoms with E-state index in [0.717, 1.165) is 55.2 Å². The molecule has 0 bridgehead atoms. The molecule has 25 heavy (non-hydrogen) atoms. The number of hydrogen-bond donors (Lipinski definition) is 3. The standard InChI is InChI=1S/C19H30N4O2/c1-14-4-5-17(15(2)12-14)21-19(25)22-18(24)13-23-10-7-16(8-11-23)6-9-20-3/h4-5,12,16,20H,6-11,13H2,1-3H3,(H2,21,22,24,25). The van der Waals surface area contributed by atoms with Gasteiger partial charge in [-0.15, -0.1) is 0 Å². The molecule has 1 aromatic carbocycles. The molecule has 3 amide bonds. The first-order valence-electron chi connectivity index (χ1n) is 9.03. The number of rotatable bonds is 6. The molecular formula is C19H30N4O2. The van der Waals surface area contributed by atoms with E-state index in [1.165, 1.54) is 6.42 Å². The predicted octanol–water partition coefficient (Wildman–Crippen LogP) is 2.27. The zero-order valence-corrected chi connectivity index (χ0v) is 15.5. The van der Waals surface area contributed by atoms with Gasteiger partial charge < -0.3 is 10.6 Å². The number of aryl methyl sites for hydroxylation is 2. The molecule has 6 nitrogen and oxygen atoms in total. The third kappa shape index (κ3) is 6.48. The van der Waals surface area contributed by atoms with Gasteiger partial charge in [0.05, 0.1) is 6.54 Å². The van der Waals surface area contributed by atoms with Crippen LogP contribution in [-0.4, -0.2) is 50.1 Å². The third-order valence-electron chi connectivity index (χ3n) is 4.76. The average molecular weight is 346 g/mol. The fraction of sp³-hybridized carbons (Fsp3) is 0.579. The molecule has 0 unspecified atom stereocenters. The Kier molecular flexibility index (Phi) is 7.40. The van der Waals surface area contributed by atoms with Crippen LogP contribution in [0.5, 0.6) is 0 Å². The molecule has 1 heterocycles. The minimum atomic E-state index is -0.471. The Bertz CT molecular complexity index is 595. The number of benzene rings is 1. The monoisotopic (exact) mass is 346 g/mol. The van der Waals surface area contributed by atoms with E-state index in [1.54, 1.807) is 0 Å². The van der Waals surface area contributed by atoms with Crippen LogP contribution < -0.4 is 16.0 Å². The smallest absolute Gasteiger partial charge is 0.320 e. The van der Waals surface area contributed by atoms with Crippen molar-refractivity contribution in [1.82, 2.24) is 15.5 Å². The lowest BCUT2D eigenvalue weighted by Crippen LogP contribution is -2.44. The molecule has 3 N–H and O–H groups in total. The Balaban J connectivity index is 1.72. The number of hydrogen-bond acceptors (Lipinski definition) is 4. The van der Waals surface area contributed by atoms with E-state index < -0.39 is 6.03 Å². The summed E-state index contributed by atoms with van der Waals surface area (Å²) in [5.41, 5.74) is 2.84. The van der Waals surface area contributed by atoms with E-state index in [9.17, 15) is 9.59 Å². The Morgan fingerprint density at radius 1 is 1.20 bits per heavy atom. The van der Waals surface area contributed by atoms with Crippen LogP contribution in [0.15, 0.2) is 18.2 Å². The number of urea groups is 1. The average Bonchev–Trinajstić information content (AvgIpc) is 2.56. The van der Waals surface area contributed by atoms with Gasteiger partial charge in [0.15, 0.2) is 0 Å². The summed E-state index contributed by atoms with van der Waals surface area (Å²) in [6.07, 6.45) is 3.42. The SMILES string of the molecule is CNCCC1CCN(CC(=O)NC(=O)Nc2ccc(C)cc2C)CC1. The number of anilines is 1. The highest BCUT2D eigenvalue weighted by Crippen LogP contribution is 2.19. The summed E-state index contributed by atoms with van der Waals surface area (Å²) < 4.78 is 0. The Morgan fingerprint density at radius 3 is 2.56 bits per heavy atom. The second-order valence-electron chi connectivity index (χ2n) is 6.93. The van der Waals surface area contributed by atoms with Gasteiger partial charge in [0, 0.05) is 5.69 Å². The van der Waals surface area contributed by atoms with Crippen LogP contribution in [0.4, 0.5) is 10.5 Å². The van der Waals surface area contributed by atoms with Gasteiger partial charge >= 0.3 is 6.03 Å². The highest BCUT2D eigenvalue weighted by Gasteiger charge is 2.21. The molecule has 138 valence electrons. The topological polar surface area (TPSA) is 73.5 Å². The predicted molar refractivity (Wildman–Crippen MR) is 101 cm³/mol. The lowest BCUT2D eigenvalue weighted by molar-refractivity contribution is -0.121. The summed E-state index contributed by atoms with van der Waals surface area (Å²) >= 11 is 0. The molecule has 1 saturated heterocycles. The maximum absolute atomic E-state index is 12.1. The number of amides is 3. The zero-order valence-electron chi connectivity index (χ0n) is 15.5. The maximum Gasteiger partial charge on any atom is 0.325 e. The van der Waals surface area contributed by atoms with Crippen molar-refractivity contribution in [2.75, 3.05) is 38.5 Å². The van der Waals surface area contributed by atoms with Gasteiger partial charge in [-0.25, -0.2) is 4.79 Å². The molecule has 1 aliphatic heterocycles. The molecule has 0 radical (unpaired) electrons. The summed E-state index contributed by atoms with van der Waals surface area (Å²) in [5.74, 6) is 0.482. The molecule has 1 fully saturated rings. The first-order valence-corrected chi connectivity index (χ1v) is 9.03. The van der Waals surface area contributed by atoms with Crippen LogP contribution in [-0.2, 0) is 4.79 Å². The first-order chi connectivity index (χ1) is 12.0. The van der Waals surface area contributed by atoms with Gasteiger partial charge in [-0.3, -0.25) is 15.0 Å². The molecular weight excluding hydrogens is 316 g/mol. The number of carbonyl (C=O) groups is 2. The van der Waals surface area contributed by atoms with Crippen molar-refractivity contribution in [2.45, 2.75) is 33.1 Å². The Morgan fingerprint density at radius 2 is 1.92 bits per heavy atom. The van der Waals surface area contributed by atoms with Crippen molar-refractivity contribution in [2.24, 2.45) is 5.92 Å². The van der Waals surface area contributed by atoms with Crippen LogP contribution in [0.3, 0.4) is 0 Å². The fourth-order valence-corrected chi connectivity index (χ4v) is 3.26. The molecule has 0 aliphatic carbocycles. The number of nitrogens with zero attached hydrogens (tertiary/aromatic N) is 1. The number of piperidine rings is 1. The molecule has 2 rings (SSSR count). The van der Waals surface area contributed by atoms with Crippen molar-refractivity contribution >= 4 is 17.6 Å². The normalized spacial score (nSPS) is 15.8. The molecule has 0 atom stereocenters. The minimum absolute atomic E-state index is 0.254. The molecule has 0 saturated carbocycles. The van der Waals surface area contributed by atoms with Crippen molar-refractivity contribution in [3.8, 4) is 0 Å². The van der Waals surface area contributed by atoms with Crippen LogP contribution >= 0.6 is 0 Å². The molecule has 6 heteroatoms. The third-order valence-corrected chi connectivity index (χ3v) is 4.76. The summed E-state index contributed by atoms with van der Waals surface area (Å²) in [5, 5.41) is 8.35. The van der Waals surface area contributed by atoms with Gasteiger partial charge in [-0.1, -0.05) is 17.7 Å². The molecule has 0 spiro atoms. The summed E-state index contributed by atoms with van der Waals surface area (Å²) in [7, 11) is 1.97. The largest absolute Gasteiger partial charge is 0.325 e. The fourth-order valence-electron chi connectivity index (χ4n) is 3.26. The van der Waals surface area contributed by atoms with E-state index in [0.29, 0.717) is 0 Å². The highest BCUT2D eigenvalue weighted by atomic mass is 16.2. The van der Waals surface area contributed by atoms with Gasteiger partial charge in [-0.05, 0) is 77.3 Å². The van der Waals surface area contributed by atoms with Crippen LogP contribution in [0.2, 0.25) is 0 Å². The summed E-state index contributed by atoms with van der Waals surface area (Å²) in [6.45, 7) is 7.09. The first kappa shape index (κ1) is 19.4. The van der Waals surface area contributed by atoms with Gasteiger partial charge in [0.2, 0.25) is 5.91 Å². The van der Waals surface area contributed by atoms with Gasteiger partial charge in [-0.2, -0.15) is 0 Å². The maximum atomic E-state index is 12.1. The van der Waals surface area contributed by atoms with Gasteiger partial charge in [0.1, 0.15) is 0 Å². The zero-order chi connectivity index (χ0) is 18.2. The van der Waals surface area contributed by atoms with Crippen LogP contribution in [0.25, 0.3) is 0 Å². The highest BCUT2D eigenvalue weighted by molar-refractivity contribution is 6.02. The van der Waals surface area contributed by atoms with Crippen molar-refractivity contribution in [3.63, 3.8) is 0 Å². The molecule has 1 aromatic rings. The Hall–Kier alpha value is -1.92. The molecule has 1 aliphatic rings. The quantitative estimate of drug-likeness (QED) is 0.739. The summed E-state index contributed by atoms with van der Waals surface area (Å²) in [6, 6.07) is 5.31. The lowest BCUT2D eigenvalue weighted by Gasteiger charge is -2.31. The number of nitrogens with one attached hydrogen (secondary N) is 3.